The highest BCUT2D eigenvalue weighted by molar-refractivity contribution is 5.94. The highest BCUT2D eigenvalue weighted by Gasteiger charge is 2.08. The summed E-state index contributed by atoms with van der Waals surface area (Å²) in [4.78, 5) is 11.3. The Morgan fingerprint density at radius 1 is 0.947 bits per heavy atom. The SMILES string of the molecule is CC(=O)Nc1cc(C)c(C)cc1-c1ccc(C)cc1. The number of rotatable bonds is 2. The van der Waals surface area contributed by atoms with Gasteiger partial charge in [-0.3, -0.25) is 4.79 Å². The molecule has 19 heavy (non-hydrogen) atoms. The van der Waals surface area contributed by atoms with Crippen molar-refractivity contribution in [2.24, 2.45) is 0 Å². The second-order valence-corrected chi connectivity index (χ2v) is 5.03. The molecule has 2 aromatic carbocycles. The van der Waals surface area contributed by atoms with Crippen molar-refractivity contribution in [2.75, 3.05) is 5.32 Å². The van der Waals surface area contributed by atoms with E-state index in [-0.39, 0.29) is 5.91 Å². The molecule has 2 aromatic rings. The average molecular weight is 253 g/mol. The minimum Gasteiger partial charge on any atom is -0.326 e. The van der Waals surface area contributed by atoms with E-state index in [0.717, 1.165) is 16.8 Å². The number of hydrogen-bond acceptors (Lipinski definition) is 1. The number of benzene rings is 2. The van der Waals surface area contributed by atoms with Crippen LogP contribution in [0, 0.1) is 20.8 Å². The maximum absolute atomic E-state index is 11.3. The Morgan fingerprint density at radius 3 is 2.11 bits per heavy atom. The number of carbonyl (C=O) groups excluding carboxylic acids is 1. The standard InChI is InChI=1S/C17H19NO/c1-11-5-7-15(8-6-11)16-9-12(2)13(3)10-17(16)18-14(4)19/h5-10H,1-4H3,(H,18,19). The average Bonchev–Trinajstić information content (AvgIpc) is 2.34. The van der Waals surface area contributed by atoms with Crippen LogP contribution in [-0.2, 0) is 4.79 Å². The van der Waals surface area contributed by atoms with E-state index in [1.807, 2.05) is 6.07 Å². The number of amides is 1. The van der Waals surface area contributed by atoms with Crippen LogP contribution in [-0.4, -0.2) is 5.91 Å². The summed E-state index contributed by atoms with van der Waals surface area (Å²) in [5, 5.41) is 2.92. The fourth-order valence-electron chi connectivity index (χ4n) is 2.08. The van der Waals surface area contributed by atoms with Gasteiger partial charge in [-0.1, -0.05) is 29.8 Å². The van der Waals surface area contributed by atoms with Crippen LogP contribution in [0.25, 0.3) is 11.1 Å². The van der Waals surface area contributed by atoms with Crippen molar-refractivity contribution in [1.29, 1.82) is 0 Å². The van der Waals surface area contributed by atoms with Gasteiger partial charge in [-0.25, -0.2) is 0 Å². The number of nitrogens with one attached hydrogen (secondary N) is 1. The third kappa shape index (κ3) is 3.02. The first-order valence-electron chi connectivity index (χ1n) is 6.43. The summed E-state index contributed by atoms with van der Waals surface area (Å²) in [6.07, 6.45) is 0. The van der Waals surface area contributed by atoms with E-state index in [0.29, 0.717) is 0 Å². The van der Waals surface area contributed by atoms with E-state index >= 15 is 0 Å². The zero-order chi connectivity index (χ0) is 14.0. The lowest BCUT2D eigenvalue weighted by Gasteiger charge is -2.13. The van der Waals surface area contributed by atoms with Crippen LogP contribution >= 0.6 is 0 Å². The summed E-state index contributed by atoms with van der Waals surface area (Å²) >= 11 is 0. The predicted octanol–water partition coefficient (Wildman–Crippen LogP) is 4.24. The molecule has 2 rings (SSSR count). The van der Waals surface area contributed by atoms with E-state index in [1.54, 1.807) is 0 Å². The Labute approximate surface area is 114 Å². The van der Waals surface area contributed by atoms with Crippen LogP contribution in [0.1, 0.15) is 23.6 Å². The fraction of sp³-hybridized carbons (Fsp3) is 0.235. The zero-order valence-electron chi connectivity index (χ0n) is 11.9. The van der Waals surface area contributed by atoms with Gasteiger partial charge in [0.1, 0.15) is 0 Å². The largest absolute Gasteiger partial charge is 0.326 e. The monoisotopic (exact) mass is 253 g/mol. The van der Waals surface area contributed by atoms with Gasteiger partial charge in [0, 0.05) is 18.2 Å². The van der Waals surface area contributed by atoms with E-state index in [9.17, 15) is 4.79 Å². The molecule has 1 amide bonds. The third-order valence-corrected chi connectivity index (χ3v) is 3.31. The summed E-state index contributed by atoms with van der Waals surface area (Å²) < 4.78 is 0. The molecule has 0 aromatic heterocycles. The van der Waals surface area contributed by atoms with Gasteiger partial charge in [-0.2, -0.15) is 0 Å². The van der Waals surface area contributed by atoms with Crippen LogP contribution < -0.4 is 5.32 Å². The third-order valence-electron chi connectivity index (χ3n) is 3.31. The lowest BCUT2D eigenvalue weighted by molar-refractivity contribution is -0.114. The van der Waals surface area contributed by atoms with E-state index in [1.165, 1.54) is 23.6 Å². The van der Waals surface area contributed by atoms with Crippen LogP contribution in [0.4, 0.5) is 5.69 Å². The molecule has 0 atom stereocenters. The number of carbonyl (C=O) groups is 1. The van der Waals surface area contributed by atoms with Crippen molar-refractivity contribution in [1.82, 2.24) is 0 Å². The molecule has 0 fully saturated rings. The van der Waals surface area contributed by atoms with Gasteiger partial charge in [0.25, 0.3) is 0 Å². The van der Waals surface area contributed by atoms with Crippen molar-refractivity contribution >= 4 is 11.6 Å². The maximum atomic E-state index is 11.3. The van der Waals surface area contributed by atoms with Gasteiger partial charge in [0.15, 0.2) is 0 Å². The molecule has 0 spiro atoms. The first kappa shape index (κ1) is 13.3. The molecule has 0 heterocycles. The second kappa shape index (κ2) is 5.27. The molecule has 0 radical (unpaired) electrons. The summed E-state index contributed by atoms with van der Waals surface area (Å²) in [5.74, 6) is -0.0448. The Bertz CT molecular complexity index is 612. The van der Waals surface area contributed by atoms with Gasteiger partial charge in [-0.05, 0) is 49.6 Å². The highest BCUT2D eigenvalue weighted by Crippen LogP contribution is 2.31. The molecule has 0 aliphatic carbocycles. The topological polar surface area (TPSA) is 29.1 Å². The number of hydrogen-bond donors (Lipinski definition) is 1. The van der Waals surface area contributed by atoms with Gasteiger partial charge in [0.2, 0.25) is 5.91 Å². The lowest BCUT2D eigenvalue weighted by atomic mass is 9.97. The van der Waals surface area contributed by atoms with Crippen LogP contribution in [0.2, 0.25) is 0 Å². The molecule has 1 N–H and O–H groups in total. The van der Waals surface area contributed by atoms with Gasteiger partial charge in [-0.15, -0.1) is 0 Å². The summed E-state index contributed by atoms with van der Waals surface area (Å²) in [6, 6.07) is 12.5. The van der Waals surface area contributed by atoms with Gasteiger partial charge < -0.3 is 5.32 Å². The minimum atomic E-state index is -0.0448. The Kier molecular flexibility index (Phi) is 3.70. The first-order valence-corrected chi connectivity index (χ1v) is 6.43. The molecule has 0 saturated heterocycles. The van der Waals surface area contributed by atoms with Crippen LogP contribution in [0.3, 0.4) is 0 Å². The summed E-state index contributed by atoms with van der Waals surface area (Å²) in [7, 11) is 0. The first-order chi connectivity index (χ1) is 8.97. The van der Waals surface area contributed by atoms with Gasteiger partial charge in [0.05, 0.1) is 0 Å². The highest BCUT2D eigenvalue weighted by atomic mass is 16.1. The molecule has 0 unspecified atom stereocenters. The molecule has 2 heteroatoms. The molecule has 0 bridgehead atoms. The molecule has 98 valence electrons. The molecular weight excluding hydrogens is 234 g/mol. The summed E-state index contributed by atoms with van der Waals surface area (Å²) in [6.45, 7) is 7.75. The lowest BCUT2D eigenvalue weighted by Crippen LogP contribution is -2.07. The van der Waals surface area contributed by atoms with E-state index in [4.69, 9.17) is 0 Å². The predicted molar refractivity (Wildman–Crippen MR) is 80.4 cm³/mol. The summed E-state index contributed by atoms with van der Waals surface area (Å²) in [5.41, 5.74) is 6.70. The van der Waals surface area contributed by atoms with Crippen molar-refractivity contribution in [3.63, 3.8) is 0 Å². The normalized spacial score (nSPS) is 10.3. The second-order valence-electron chi connectivity index (χ2n) is 5.03. The van der Waals surface area contributed by atoms with Crippen LogP contribution in [0.5, 0.6) is 0 Å². The molecule has 2 nitrogen and oxygen atoms in total. The molecular formula is C17H19NO. The Hall–Kier alpha value is -2.09. The molecule has 0 aliphatic heterocycles. The smallest absolute Gasteiger partial charge is 0.221 e. The van der Waals surface area contributed by atoms with Crippen molar-refractivity contribution in [3.05, 3.63) is 53.1 Å². The quantitative estimate of drug-likeness (QED) is 0.852. The van der Waals surface area contributed by atoms with Gasteiger partial charge >= 0.3 is 0 Å². The fourth-order valence-corrected chi connectivity index (χ4v) is 2.08. The van der Waals surface area contributed by atoms with Crippen LogP contribution in [0.15, 0.2) is 36.4 Å². The minimum absolute atomic E-state index is 0.0448. The molecule has 0 aliphatic rings. The Balaban J connectivity index is 2.56. The maximum Gasteiger partial charge on any atom is 0.221 e. The number of aryl methyl sites for hydroxylation is 3. The number of anilines is 1. The van der Waals surface area contributed by atoms with Crippen molar-refractivity contribution in [3.8, 4) is 11.1 Å². The van der Waals surface area contributed by atoms with E-state index in [2.05, 4.69) is 56.4 Å². The Morgan fingerprint density at radius 2 is 1.53 bits per heavy atom. The van der Waals surface area contributed by atoms with Crippen molar-refractivity contribution in [2.45, 2.75) is 27.7 Å². The van der Waals surface area contributed by atoms with E-state index < -0.39 is 0 Å². The molecule has 0 saturated carbocycles. The zero-order valence-corrected chi connectivity index (χ0v) is 11.9. The van der Waals surface area contributed by atoms with Crippen molar-refractivity contribution < 1.29 is 4.79 Å².